The Morgan fingerprint density at radius 1 is 1.04 bits per heavy atom. The molecule has 2 aromatic carbocycles. The summed E-state index contributed by atoms with van der Waals surface area (Å²) in [6.07, 6.45) is 3.04. The van der Waals surface area contributed by atoms with E-state index in [1.54, 1.807) is 0 Å². The maximum absolute atomic E-state index is 6.39. The smallest absolute Gasteiger partial charge is 0.0735 e. The Morgan fingerprint density at radius 3 is 2.57 bits per heavy atom. The van der Waals surface area contributed by atoms with E-state index in [-0.39, 0.29) is 0 Å². The fourth-order valence-corrected chi connectivity index (χ4v) is 5.99. The van der Waals surface area contributed by atoms with E-state index in [1.807, 2.05) is 11.8 Å². The topological polar surface area (TPSA) is 15.7 Å². The Labute approximate surface area is 173 Å². The van der Waals surface area contributed by atoms with Gasteiger partial charge in [-0.05, 0) is 67.6 Å². The van der Waals surface area contributed by atoms with Gasteiger partial charge in [-0.25, -0.2) is 0 Å². The lowest BCUT2D eigenvalue weighted by Crippen LogP contribution is -2.51. The molecule has 4 heterocycles. The molecule has 4 heteroatoms. The molecule has 0 radical (unpaired) electrons. The Hall–Kier alpha value is -1.49. The fraction of sp³-hybridized carbons (Fsp3) is 0.500. The summed E-state index contributed by atoms with van der Waals surface area (Å²) in [4.78, 5) is 7.76. The van der Waals surface area contributed by atoms with Crippen LogP contribution in [0, 0.1) is 11.8 Å². The zero-order valence-electron chi connectivity index (χ0n) is 16.9. The number of anilines is 2. The Bertz CT molecular complexity index is 844. The molecule has 0 N–H and O–H groups in total. The number of nitrogens with zero attached hydrogens (tertiary/aromatic N) is 2. The van der Waals surface area contributed by atoms with Gasteiger partial charge in [0.15, 0.2) is 0 Å². The summed E-state index contributed by atoms with van der Waals surface area (Å²) in [5.41, 5.74) is 3.97. The molecule has 3 nitrogen and oxygen atoms in total. The second-order valence-electron chi connectivity index (χ2n) is 8.86. The van der Waals surface area contributed by atoms with Crippen LogP contribution in [0.3, 0.4) is 0 Å². The van der Waals surface area contributed by atoms with Crippen molar-refractivity contribution in [3.63, 3.8) is 0 Å². The Morgan fingerprint density at radius 2 is 1.82 bits per heavy atom. The van der Waals surface area contributed by atoms with Gasteiger partial charge >= 0.3 is 0 Å². The van der Waals surface area contributed by atoms with E-state index >= 15 is 0 Å². The van der Waals surface area contributed by atoms with E-state index in [2.05, 4.69) is 66.1 Å². The van der Waals surface area contributed by atoms with Crippen LogP contribution >= 0.6 is 11.8 Å². The molecule has 4 aliphatic rings. The van der Waals surface area contributed by atoms with Crippen molar-refractivity contribution in [1.29, 1.82) is 0 Å². The van der Waals surface area contributed by atoms with E-state index in [4.69, 9.17) is 4.74 Å². The molecule has 3 saturated heterocycles. The molecule has 2 bridgehead atoms. The molecule has 28 heavy (non-hydrogen) atoms. The van der Waals surface area contributed by atoms with Crippen molar-refractivity contribution < 1.29 is 4.74 Å². The van der Waals surface area contributed by atoms with Crippen molar-refractivity contribution >= 4 is 23.1 Å². The van der Waals surface area contributed by atoms with Crippen LogP contribution in [-0.4, -0.2) is 37.2 Å². The van der Waals surface area contributed by atoms with Crippen LogP contribution < -0.4 is 4.90 Å². The molecule has 0 spiro atoms. The first-order valence-corrected chi connectivity index (χ1v) is 11.5. The predicted molar refractivity (Wildman–Crippen MR) is 117 cm³/mol. The molecule has 0 saturated carbocycles. The first-order valence-electron chi connectivity index (χ1n) is 10.7. The molecule has 0 aliphatic carbocycles. The highest BCUT2D eigenvalue weighted by atomic mass is 32.2. The molecular formula is C24H30N2OS. The van der Waals surface area contributed by atoms with E-state index < -0.39 is 0 Å². The lowest BCUT2D eigenvalue weighted by molar-refractivity contribution is -0.0766. The first-order chi connectivity index (χ1) is 13.7. The molecule has 148 valence electrons. The van der Waals surface area contributed by atoms with E-state index in [0.29, 0.717) is 12.0 Å². The first kappa shape index (κ1) is 18.5. The minimum absolute atomic E-state index is 0.421. The van der Waals surface area contributed by atoms with Gasteiger partial charge in [0.25, 0.3) is 0 Å². The molecule has 0 amide bonds. The standard InChI is InChI=1S/C24H30N2OS/c1-17(2)14-26-20-5-3-4-6-23(20)28-24-13-18(7-8-21(24)26)16-27-22-15-25-11-9-19(22)10-12-25/h3-8,13,17,19,22H,9-12,14-16H2,1-2H3. The molecule has 0 aromatic heterocycles. The summed E-state index contributed by atoms with van der Waals surface area (Å²) in [7, 11) is 0. The van der Waals surface area contributed by atoms with Gasteiger partial charge in [0.1, 0.15) is 0 Å². The largest absolute Gasteiger partial charge is 0.372 e. The van der Waals surface area contributed by atoms with Gasteiger partial charge in [-0.1, -0.05) is 43.8 Å². The third-order valence-electron chi connectivity index (χ3n) is 6.30. The van der Waals surface area contributed by atoms with Gasteiger partial charge < -0.3 is 14.5 Å². The van der Waals surface area contributed by atoms with Crippen molar-refractivity contribution in [3.8, 4) is 0 Å². The maximum Gasteiger partial charge on any atom is 0.0735 e. The normalized spacial score (nSPS) is 25.7. The summed E-state index contributed by atoms with van der Waals surface area (Å²) < 4.78 is 6.39. The summed E-state index contributed by atoms with van der Waals surface area (Å²) >= 11 is 1.90. The van der Waals surface area contributed by atoms with Crippen LogP contribution in [0.2, 0.25) is 0 Å². The second-order valence-corrected chi connectivity index (χ2v) is 9.95. The van der Waals surface area contributed by atoms with E-state index in [0.717, 1.165) is 25.6 Å². The zero-order chi connectivity index (χ0) is 19.1. The fourth-order valence-electron chi connectivity index (χ4n) is 4.83. The third-order valence-corrected chi connectivity index (χ3v) is 7.41. The van der Waals surface area contributed by atoms with Crippen molar-refractivity contribution in [1.82, 2.24) is 4.90 Å². The van der Waals surface area contributed by atoms with Gasteiger partial charge in [-0.15, -0.1) is 0 Å². The van der Waals surface area contributed by atoms with Crippen molar-refractivity contribution in [2.45, 2.75) is 49.2 Å². The van der Waals surface area contributed by atoms with E-state index in [1.165, 1.54) is 52.7 Å². The number of rotatable bonds is 5. The van der Waals surface area contributed by atoms with Crippen LogP contribution in [0.15, 0.2) is 52.3 Å². The molecule has 3 fully saturated rings. The quantitative estimate of drug-likeness (QED) is 0.660. The number of para-hydroxylation sites is 1. The molecule has 1 unspecified atom stereocenters. The highest BCUT2D eigenvalue weighted by Gasteiger charge is 2.34. The molecule has 4 aliphatic heterocycles. The second kappa shape index (κ2) is 7.74. The number of benzene rings is 2. The molecule has 1 atom stereocenters. The van der Waals surface area contributed by atoms with Gasteiger partial charge in [-0.2, -0.15) is 0 Å². The predicted octanol–water partition coefficient (Wildman–Crippen LogP) is 5.56. The van der Waals surface area contributed by atoms with Crippen LogP contribution in [0.25, 0.3) is 0 Å². The van der Waals surface area contributed by atoms with Crippen LogP contribution in [0.4, 0.5) is 11.4 Å². The van der Waals surface area contributed by atoms with Crippen molar-refractivity contribution in [3.05, 3.63) is 48.0 Å². The SMILES string of the molecule is CC(C)CN1c2ccccc2Sc2cc(COC3CN4CCC3CC4)ccc21. The molecule has 6 rings (SSSR count). The Kier molecular flexibility index (Phi) is 5.12. The van der Waals surface area contributed by atoms with Crippen LogP contribution in [0.5, 0.6) is 0 Å². The van der Waals surface area contributed by atoms with Gasteiger partial charge in [0.2, 0.25) is 0 Å². The summed E-state index contributed by atoms with van der Waals surface area (Å²) in [5, 5.41) is 0. The average Bonchev–Trinajstić information content (AvgIpc) is 2.72. The van der Waals surface area contributed by atoms with Crippen LogP contribution in [-0.2, 0) is 11.3 Å². The Balaban J connectivity index is 1.35. The summed E-state index contributed by atoms with van der Waals surface area (Å²) in [5.74, 6) is 1.38. The summed E-state index contributed by atoms with van der Waals surface area (Å²) in [6.45, 7) is 10.0. The molecule has 2 aromatic rings. The number of ether oxygens (including phenoxy) is 1. The lowest BCUT2D eigenvalue weighted by Gasteiger charge is -2.44. The van der Waals surface area contributed by atoms with Crippen LogP contribution in [0.1, 0.15) is 32.3 Å². The maximum atomic E-state index is 6.39. The highest BCUT2D eigenvalue weighted by Crippen LogP contribution is 2.48. The minimum atomic E-state index is 0.421. The molecular weight excluding hydrogens is 364 g/mol. The third kappa shape index (κ3) is 3.58. The number of hydrogen-bond acceptors (Lipinski definition) is 4. The van der Waals surface area contributed by atoms with Gasteiger partial charge in [0, 0.05) is 22.9 Å². The van der Waals surface area contributed by atoms with E-state index in [9.17, 15) is 0 Å². The van der Waals surface area contributed by atoms with Gasteiger partial charge in [0.05, 0.1) is 24.1 Å². The van der Waals surface area contributed by atoms with Gasteiger partial charge in [-0.3, -0.25) is 0 Å². The number of hydrogen-bond donors (Lipinski definition) is 0. The highest BCUT2D eigenvalue weighted by molar-refractivity contribution is 7.99. The zero-order valence-corrected chi connectivity index (χ0v) is 17.8. The lowest BCUT2D eigenvalue weighted by atomic mass is 9.86. The average molecular weight is 395 g/mol. The monoisotopic (exact) mass is 394 g/mol. The van der Waals surface area contributed by atoms with Crippen molar-refractivity contribution in [2.75, 3.05) is 31.1 Å². The number of piperidine rings is 3. The minimum Gasteiger partial charge on any atom is -0.372 e. The number of fused-ring (bicyclic) bond motifs is 5. The van der Waals surface area contributed by atoms with Crippen molar-refractivity contribution in [2.24, 2.45) is 11.8 Å². The summed E-state index contributed by atoms with van der Waals surface area (Å²) in [6, 6.07) is 15.7.